The Morgan fingerprint density at radius 1 is 1.08 bits per heavy atom. The molecule has 0 saturated carbocycles. The van der Waals surface area contributed by atoms with E-state index in [4.69, 9.17) is 0 Å². The van der Waals surface area contributed by atoms with E-state index in [1.54, 1.807) is 6.07 Å². The number of anilines is 1. The van der Waals surface area contributed by atoms with E-state index < -0.39 is 18.0 Å². The van der Waals surface area contributed by atoms with Gasteiger partial charge >= 0.3 is 6.03 Å². The molecule has 6 nitrogen and oxygen atoms in total. The van der Waals surface area contributed by atoms with E-state index in [1.807, 2.05) is 55.5 Å². The Kier molecular flexibility index (Phi) is 5.31. The van der Waals surface area contributed by atoms with E-state index in [0.29, 0.717) is 12.1 Å². The van der Waals surface area contributed by atoms with Gasteiger partial charge in [-0.15, -0.1) is 0 Å². The molecule has 3 rings (SSSR count). The van der Waals surface area contributed by atoms with Crippen molar-refractivity contribution in [1.29, 1.82) is 0 Å². The minimum atomic E-state index is -0.531. The molecule has 0 radical (unpaired) electrons. The number of nitrogens with zero attached hydrogens (tertiary/aromatic N) is 1. The summed E-state index contributed by atoms with van der Waals surface area (Å²) < 4.78 is 0. The SMILES string of the molecule is CCCC1NC(=O)N(CC(=O)Nc2ccccc2-c2ccccc2)C1=O. The van der Waals surface area contributed by atoms with Gasteiger partial charge < -0.3 is 10.6 Å². The number of nitrogens with one attached hydrogen (secondary N) is 2. The largest absolute Gasteiger partial charge is 0.326 e. The first-order valence-corrected chi connectivity index (χ1v) is 8.66. The molecule has 0 aromatic heterocycles. The molecule has 1 aliphatic rings. The summed E-state index contributed by atoms with van der Waals surface area (Å²) in [5.74, 6) is -0.752. The summed E-state index contributed by atoms with van der Waals surface area (Å²) in [5.41, 5.74) is 2.49. The maximum absolute atomic E-state index is 12.4. The molecule has 1 heterocycles. The molecule has 4 amide bonds. The molecule has 1 unspecified atom stereocenters. The van der Waals surface area contributed by atoms with E-state index in [2.05, 4.69) is 10.6 Å². The predicted octanol–water partition coefficient (Wildman–Crippen LogP) is 3.01. The second-order valence-electron chi connectivity index (χ2n) is 6.17. The van der Waals surface area contributed by atoms with Crippen molar-refractivity contribution in [2.45, 2.75) is 25.8 Å². The van der Waals surface area contributed by atoms with Gasteiger partial charge in [0.2, 0.25) is 5.91 Å². The Morgan fingerprint density at radius 2 is 1.77 bits per heavy atom. The molecule has 2 aromatic carbocycles. The Hall–Kier alpha value is -3.15. The summed E-state index contributed by atoms with van der Waals surface area (Å²) >= 11 is 0. The van der Waals surface area contributed by atoms with Crippen molar-refractivity contribution in [3.63, 3.8) is 0 Å². The smallest absolute Gasteiger partial charge is 0.325 e. The highest BCUT2D eigenvalue weighted by atomic mass is 16.2. The number of benzene rings is 2. The van der Waals surface area contributed by atoms with Crippen molar-refractivity contribution in [2.24, 2.45) is 0 Å². The molecule has 134 valence electrons. The number of rotatable bonds is 6. The fraction of sp³-hybridized carbons (Fsp3) is 0.250. The molecular formula is C20H21N3O3. The van der Waals surface area contributed by atoms with Crippen LogP contribution >= 0.6 is 0 Å². The number of urea groups is 1. The van der Waals surface area contributed by atoms with Crippen LogP contribution in [0.5, 0.6) is 0 Å². The molecule has 1 aliphatic heterocycles. The Morgan fingerprint density at radius 3 is 2.50 bits per heavy atom. The minimum absolute atomic E-state index is 0.298. The second kappa shape index (κ2) is 7.82. The van der Waals surface area contributed by atoms with Crippen LogP contribution in [0.25, 0.3) is 11.1 Å². The van der Waals surface area contributed by atoms with Gasteiger partial charge in [-0.2, -0.15) is 0 Å². The van der Waals surface area contributed by atoms with E-state index in [-0.39, 0.29) is 12.5 Å². The quantitative estimate of drug-likeness (QED) is 0.785. The summed E-state index contributed by atoms with van der Waals surface area (Å²) in [5, 5.41) is 5.43. The number of amides is 4. The normalized spacial score (nSPS) is 16.5. The van der Waals surface area contributed by atoms with E-state index in [9.17, 15) is 14.4 Å². The lowest BCUT2D eigenvalue weighted by molar-refractivity contribution is -0.130. The van der Waals surface area contributed by atoms with E-state index in [1.165, 1.54) is 0 Å². The molecule has 1 saturated heterocycles. The lowest BCUT2D eigenvalue weighted by atomic mass is 10.0. The second-order valence-corrected chi connectivity index (χ2v) is 6.17. The molecule has 6 heteroatoms. The molecule has 0 aliphatic carbocycles. The zero-order chi connectivity index (χ0) is 18.5. The molecule has 26 heavy (non-hydrogen) atoms. The maximum Gasteiger partial charge on any atom is 0.325 e. The minimum Gasteiger partial charge on any atom is -0.326 e. The van der Waals surface area contributed by atoms with Crippen LogP contribution in [0, 0.1) is 0 Å². The standard InChI is InChI=1S/C20H21N3O3/c1-2-8-17-19(25)23(20(26)22-17)13-18(24)21-16-12-7-6-11-15(16)14-9-4-3-5-10-14/h3-7,9-12,17H,2,8,13H2,1H3,(H,21,24)(H,22,26). The first-order chi connectivity index (χ1) is 12.6. The third-order valence-corrected chi connectivity index (χ3v) is 4.27. The first kappa shape index (κ1) is 17.7. The van der Waals surface area contributed by atoms with Gasteiger partial charge in [-0.25, -0.2) is 4.79 Å². The van der Waals surface area contributed by atoms with Gasteiger partial charge in [-0.3, -0.25) is 14.5 Å². The lowest BCUT2D eigenvalue weighted by Gasteiger charge is -2.15. The Labute approximate surface area is 152 Å². The predicted molar refractivity (Wildman–Crippen MR) is 99.4 cm³/mol. The lowest BCUT2D eigenvalue weighted by Crippen LogP contribution is -2.38. The summed E-state index contributed by atoms with van der Waals surface area (Å²) in [6.45, 7) is 1.64. The topological polar surface area (TPSA) is 78.5 Å². The van der Waals surface area contributed by atoms with Crippen LogP contribution < -0.4 is 10.6 Å². The van der Waals surface area contributed by atoms with Gasteiger partial charge in [0.25, 0.3) is 5.91 Å². The number of hydrogen-bond donors (Lipinski definition) is 2. The van der Waals surface area contributed by atoms with Gasteiger partial charge in [0.1, 0.15) is 12.6 Å². The summed E-state index contributed by atoms with van der Waals surface area (Å²) in [4.78, 5) is 37.6. The van der Waals surface area contributed by atoms with E-state index in [0.717, 1.165) is 22.4 Å². The summed E-state index contributed by atoms with van der Waals surface area (Å²) in [6.07, 6.45) is 1.35. The molecule has 2 aromatic rings. The van der Waals surface area contributed by atoms with Crippen molar-refractivity contribution in [2.75, 3.05) is 11.9 Å². The van der Waals surface area contributed by atoms with Gasteiger partial charge in [0, 0.05) is 11.3 Å². The van der Waals surface area contributed by atoms with Crippen LogP contribution in [0.3, 0.4) is 0 Å². The first-order valence-electron chi connectivity index (χ1n) is 8.66. The van der Waals surface area contributed by atoms with Gasteiger partial charge in [0.05, 0.1) is 0 Å². The van der Waals surface area contributed by atoms with Crippen molar-refractivity contribution >= 4 is 23.5 Å². The van der Waals surface area contributed by atoms with Gasteiger partial charge in [0.15, 0.2) is 0 Å². The summed E-state index contributed by atoms with van der Waals surface area (Å²) in [6, 6.07) is 16.1. The average Bonchev–Trinajstić information content (AvgIpc) is 2.91. The molecule has 1 fully saturated rings. The molecule has 0 bridgehead atoms. The molecule has 1 atom stereocenters. The Bertz CT molecular complexity index is 820. The summed E-state index contributed by atoms with van der Waals surface area (Å²) in [7, 11) is 0. The number of para-hydroxylation sites is 1. The highest BCUT2D eigenvalue weighted by molar-refractivity contribution is 6.08. The monoisotopic (exact) mass is 351 g/mol. The van der Waals surface area contributed by atoms with Crippen LogP contribution in [0.1, 0.15) is 19.8 Å². The highest BCUT2D eigenvalue weighted by Gasteiger charge is 2.38. The third kappa shape index (κ3) is 3.74. The van der Waals surface area contributed by atoms with Crippen LogP contribution in [0.4, 0.5) is 10.5 Å². The molecule has 0 spiro atoms. The average molecular weight is 351 g/mol. The number of carbonyl (C=O) groups is 3. The van der Waals surface area contributed by atoms with Crippen molar-refractivity contribution < 1.29 is 14.4 Å². The number of carbonyl (C=O) groups excluding carboxylic acids is 3. The van der Waals surface area contributed by atoms with Gasteiger partial charge in [-0.1, -0.05) is 61.9 Å². The van der Waals surface area contributed by atoms with Crippen LogP contribution in [-0.2, 0) is 9.59 Å². The van der Waals surface area contributed by atoms with Crippen molar-refractivity contribution in [1.82, 2.24) is 10.2 Å². The van der Waals surface area contributed by atoms with Crippen molar-refractivity contribution in [3.8, 4) is 11.1 Å². The van der Waals surface area contributed by atoms with E-state index >= 15 is 0 Å². The zero-order valence-electron chi connectivity index (χ0n) is 14.6. The van der Waals surface area contributed by atoms with Crippen LogP contribution in [0.2, 0.25) is 0 Å². The van der Waals surface area contributed by atoms with Crippen molar-refractivity contribution in [3.05, 3.63) is 54.6 Å². The fourth-order valence-corrected chi connectivity index (χ4v) is 3.01. The molecule has 2 N–H and O–H groups in total. The van der Waals surface area contributed by atoms with Gasteiger partial charge in [-0.05, 0) is 18.1 Å². The zero-order valence-corrected chi connectivity index (χ0v) is 14.6. The Balaban J connectivity index is 1.72. The molecular weight excluding hydrogens is 330 g/mol. The van der Waals surface area contributed by atoms with Crippen LogP contribution in [0.15, 0.2) is 54.6 Å². The maximum atomic E-state index is 12.4. The van der Waals surface area contributed by atoms with Crippen LogP contribution in [-0.4, -0.2) is 35.3 Å². The fourth-order valence-electron chi connectivity index (χ4n) is 3.01. The number of imide groups is 1. The highest BCUT2D eigenvalue weighted by Crippen LogP contribution is 2.27. The third-order valence-electron chi connectivity index (χ3n) is 4.27. The number of hydrogen-bond acceptors (Lipinski definition) is 3.